The smallest absolute Gasteiger partial charge is 0.261 e. The summed E-state index contributed by atoms with van der Waals surface area (Å²) in [6.45, 7) is 1.25. The van der Waals surface area contributed by atoms with E-state index in [-0.39, 0.29) is 16.8 Å². The van der Waals surface area contributed by atoms with Crippen molar-refractivity contribution < 1.29 is 13.5 Å². The number of rotatable bonds is 4. The van der Waals surface area contributed by atoms with E-state index in [2.05, 4.69) is 9.71 Å². The van der Waals surface area contributed by atoms with Crippen molar-refractivity contribution in [1.82, 2.24) is 14.3 Å². The monoisotopic (exact) mass is 253 g/mol. The fourth-order valence-electron chi connectivity index (χ4n) is 0.932. The third-order valence-corrected chi connectivity index (χ3v) is 3.80. The summed E-state index contributed by atoms with van der Waals surface area (Å²) in [5.74, 6) is 0. The van der Waals surface area contributed by atoms with Gasteiger partial charge in [0, 0.05) is 13.1 Å². The van der Waals surface area contributed by atoms with Gasteiger partial charge in [-0.3, -0.25) is 0 Å². The molecule has 0 amide bonds. The van der Waals surface area contributed by atoms with Crippen LogP contribution in [0.25, 0.3) is 0 Å². The van der Waals surface area contributed by atoms with Gasteiger partial charge in [-0.2, -0.15) is 0 Å². The second-order valence-electron chi connectivity index (χ2n) is 3.16. The summed E-state index contributed by atoms with van der Waals surface area (Å²) in [4.78, 5) is 3.67. The van der Waals surface area contributed by atoms with Crippen LogP contribution in [0.15, 0.2) is 11.4 Å². The topological polar surface area (TPSA) is 84.2 Å². The lowest BCUT2D eigenvalue weighted by Gasteiger charge is -2.09. The zero-order valence-electron chi connectivity index (χ0n) is 8.31. The lowest BCUT2D eigenvalue weighted by atomic mass is 10.4. The first-order valence-electron chi connectivity index (χ1n) is 4.18. The maximum absolute atomic E-state index is 11.7. The predicted molar refractivity (Wildman–Crippen MR) is 55.1 cm³/mol. The first-order chi connectivity index (χ1) is 6.88. The van der Waals surface area contributed by atoms with Crippen molar-refractivity contribution >= 4 is 21.6 Å². The van der Waals surface area contributed by atoms with Gasteiger partial charge >= 0.3 is 0 Å². The third-order valence-electron chi connectivity index (χ3n) is 1.72. The van der Waals surface area contributed by atoms with Gasteiger partial charge in [-0.25, -0.2) is 18.1 Å². The van der Waals surface area contributed by atoms with Crippen molar-refractivity contribution in [3.63, 3.8) is 0 Å². The molecule has 0 saturated carbocycles. The lowest BCUT2D eigenvalue weighted by Crippen LogP contribution is -2.35. The number of aliphatic hydroxyl groups excluding tert-OH is 1. The Morgan fingerprint density at radius 1 is 1.73 bits per heavy atom. The molecule has 0 aliphatic heterocycles. The highest BCUT2D eigenvalue weighted by Gasteiger charge is 2.23. The standard InChI is InChI=1S/C7H12ClN3O3S/c1-5(3-12)10-15(13,14)7-6(8)11(2)4-9-7/h4-5,10,12H,3H2,1-2H3/t5-/m0/s1. The molecule has 1 heterocycles. The van der Waals surface area contributed by atoms with E-state index in [1.807, 2.05) is 0 Å². The minimum absolute atomic E-state index is 0.0349. The van der Waals surface area contributed by atoms with Crippen molar-refractivity contribution in [3.8, 4) is 0 Å². The molecule has 1 aromatic rings. The molecular weight excluding hydrogens is 242 g/mol. The third kappa shape index (κ3) is 2.69. The Hall–Kier alpha value is -0.630. The van der Waals surface area contributed by atoms with Gasteiger partial charge in [-0.15, -0.1) is 0 Å². The summed E-state index contributed by atoms with van der Waals surface area (Å²) in [7, 11) is -2.17. The highest BCUT2D eigenvalue weighted by molar-refractivity contribution is 7.89. The maximum atomic E-state index is 11.7. The molecule has 0 aromatic carbocycles. The lowest BCUT2D eigenvalue weighted by molar-refractivity contribution is 0.265. The molecule has 0 spiro atoms. The number of aromatic nitrogens is 2. The van der Waals surface area contributed by atoms with E-state index in [1.165, 1.54) is 17.8 Å². The molecule has 0 fully saturated rings. The molecule has 86 valence electrons. The van der Waals surface area contributed by atoms with Crippen LogP contribution < -0.4 is 4.72 Å². The van der Waals surface area contributed by atoms with Crippen molar-refractivity contribution in [2.24, 2.45) is 7.05 Å². The van der Waals surface area contributed by atoms with Crippen LogP contribution in [-0.2, 0) is 17.1 Å². The fraction of sp³-hybridized carbons (Fsp3) is 0.571. The zero-order chi connectivity index (χ0) is 11.6. The Bertz CT molecular complexity index is 442. The number of aliphatic hydroxyl groups is 1. The molecule has 1 atom stereocenters. The average molecular weight is 254 g/mol. The minimum Gasteiger partial charge on any atom is -0.395 e. The molecular formula is C7H12ClN3O3S. The maximum Gasteiger partial charge on any atom is 0.261 e. The number of imidazole rings is 1. The zero-order valence-corrected chi connectivity index (χ0v) is 9.88. The number of sulfonamides is 1. The van der Waals surface area contributed by atoms with Gasteiger partial charge in [0.15, 0.2) is 0 Å². The molecule has 0 aliphatic rings. The Kier molecular flexibility index (Phi) is 3.72. The van der Waals surface area contributed by atoms with Crippen LogP contribution in [0, 0.1) is 0 Å². The van der Waals surface area contributed by atoms with E-state index >= 15 is 0 Å². The van der Waals surface area contributed by atoms with Gasteiger partial charge in [-0.05, 0) is 6.92 Å². The Labute approximate surface area is 92.9 Å². The number of nitrogens with one attached hydrogen (secondary N) is 1. The van der Waals surface area contributed by atoms with Crippen LogP contribution in [0.2, 0.25) is 5.15 Å². The summed E-state index contributed by atoms with van der Waals surface area (Å²) in [6, 6.07) is -0.576. The summed E-state index contributed by atoms with van der Waals surface area (Å²) >= 11 is 5.74. The Balaban J connectivity index is 3.02. The van der Waals surface area contributed by atoms with Gasteiger partial charge in [0.2, 0.25) is 5.03 Å². The van der Waals surface area contributed by atoms with Crippen LogP contribution in [0.4, 0.5) is 0 Å². The molecule has 0 radical (unpaired) electrons. The normalized spacial score (nSPS) is 14.1. The van der Waals surface area contributed by atoms with E-state index in [9.17, 15) is 8.42 Å². The second-order valence-corrected chi connectivity index (χ2v) is 5.14. The van der Waals surface area contributed by atoms with E-state index in [1.54, 1.807) is 7.05 Å². The van der Waals surface area contributed by atoms with Crippen molar-refractivity contribution in [3.05, 3.63) is 11.5 Å². The van der Waals surface area contributed by atoms with Crippen LogP contribution in [0.5, 0.6) is 0 Å². The second kappa shape index (κ2) is 4.48. The van der Waals surface area contributed by atoms with Gasteiger partial charge < -0.3 is 9.67 Å². The highest BCUT2D eigenvalue weighted by atomic mass is 35.5. The average Bonchev–Trinajstić information content (AvgIpc) is 2.47. The number of nitrogens with zero attached hydrogens (tertiary/aromatic N) is 2. The van der Waals surface area contributed by atoms with Gasteiger partial charge in [0.25, 0.3) is 10.0 Å². The summed E-state index contributed by atoms with van der Waals surface area (Å²) in [5.41, 5.74) is 0. The van der Waals surface area contributed by atoms with E-state index in [0.717, 1.165) is 0 Å². The molecule has 1 rings (SSSR count). The number of aryl methyl sites for hydroxylation is 1. The van der Waals surface area contributed by atoms with E-state index in [0.29, 0.717) is 0 Å². The molecule has 6 nitrogen and oxygen atoms in total. The van der Waals surface area contributed by atoms with E-state index in [4.69, 9.17) is 16.7 Å². The Morgan fingerprint density at radius 3 is 2.73 bits per heavy atom. The van der Waals surface area contributed by atoms with Crippen molar-refractivity contribution in [2.75, 3.05) is 6.61 Å². The van der Waals surface area contributed by atoms with Crippen LogP contribution in [0.1, 0.15) is 6.92 Å². The molecule has 0 saturated heterocycles. The minimum atomic E-state index is -3.76. The molecule has 1 aromatic heterocycles. The summed E-state index contributed by atoms with van der Waals surface area (Å²) in [6.07, 6.45) is 1.31. The molecule has 2 N–H and O–H groups in total. The first kappa shape index (κ1) is 12.4. The van der Waals surface area contributed by atoms with Crippen molar-refractivity contribution in [2.45, 2.75) is 18.0 Å². The van der Waals surface area contributed by atoms with Crippen LogP contribution >= 0.6 is 11.6 Å². The highest BCUT2D eigenvalue weighted by Crippen LogP contribution is 2.18. The first-order valence-corrected chi connectivity index (χ1v) is 6.04. The molecule has 0 aliphatic carbocycles. The summed E-state index contributed by atoms with van der Waals surface area (Å²) < 4.78 is 26.9. The van der Waals surface area contributed by atoms with Gasteiger partial charge in [-0.1, -0.05) is 11.6 Å². The SMILES string of the molecule is C[C@@H](CO)NS(=O)(=O)c1ncn(C)c1Cl. The molecule has 0 unspecified atom stereocenters. The predicted octanol–water partition coefficient (Wildman–Crippen LogP) is -0.267. The van der Waals surface area contributed by atoms with Gasteiger partial charge in [0.1, 0.15) is 5.15 Å². The largest absolute Gasteiger partial charge is 0.395 e. The van der Waals surface area contributed by atoms with Crippen LogP contribution in [-0.4, -0.2) is 35.7 Å². The van der Waals surface area contributed by atoms with Crippen LogP contribution in [0.3, 0.4) is 0 Å². The molecule has 8 heteroatoms. The Morgan fingerprint density at radius 2 is 2.33 bits per heavy atom. The van der Waals surface area contributed by atoms with Crippen molar-refractivity contribution in [1.29, 1.82) is 0 Å². The number of halogens is 1. The van der Waals surface area contributed by atoms with Gasteiger partial charge in [0.05, 0.1) is 12.9 Å². The fourth-order valence-corrected chi connectivity index (χ4v) is 2.60. The quantitative estimate of drug-likeness (QED) is 0.774. The molecule has 15 heavy (non-hydrogen) atoms. The van der Waals surface area contributed by atoms with E-state index < -0.39 is 16.1 Å². The molecule has 0 bridgehead atoms. The summed E-state index contributed by atoms with van der Waals surface area (Å²) in [5, 5.41) is 8.54. The number of hydrogen-bond acceptors (Lipinski definition) is 4. The number of hydrogen-bond donors (Lipinski definition) is 2.